The summed E-state index contributed by atoms with van der Waals surface area (Å²) in [5, 5.41) is 27.6. The number of esters is 1. The van der Waals surface area contributed by atoms with Crippen molar-refractivity contribution >= 4 is 5.97 Å². The summed E-state index contributed by atoms with van der Waals surface area (Å²) in [6, 6.07) is 10.3. The standard InChI is InChI=1S/C15H14O5/c16-11-3-5-12(6-4-11)20-15(19)8-2-10-1-7-13(17)14(18)9-10/h1,3-7,9,16-18H,2,8H2. The first-order valence-electron chi connectivity index (χ1n) is 6.05. The number of rotatable bonds is 4. The Balaban J connectivity index is 1.88. The zero-order valence-corrected chi connectivity index (χ0v) is 10.6. The highest BCUT2D eigenvalue weighted by molar-refractivity contribution is 5.72. The number of phenols is 3. The van der Waals surface area contributed by atoms with Gasteiger partial charge in [0.05, 0.1) is 0 Å². The Morgan fingerprint density at radius 2 is 1.65 bits per heavy atom. The van der Waals surface area contributed by atoms with Crippen LogP contribution in [0.5, 0.6) is 23.0 Å². The monoisotopic (exact) mass is 274 g/mol. The van der Waals surface area contributed by atoms with Crippen molar-refractivity contribution in [3.8, 4) is 23.0 Å². The Labute approximate surface area is 115 Å². The normalized spacial score (nSPS) is 10.2. The first-order valence-corrected chi connectivity index (χ1v) is 6.05. The second-order valence-corrected chi connectivity index (χ2v) is 4.29. The summed E-state index contributed by atoms with van der Waals surface area (Å²) in [4.78, 5) is 11.6. The molecule has 0 amide bonds. The molecule has 2 aromatic rings. The van der Waals surface area contributed by atoms with Crippen LogP contribution in [-0.4, -0.2) is 21.3 Å². The van der Waals surface area contributed by atoms with E-state index in [1.54, 1.807) is 6.07 Å². The van der Waals surface area contributed by atoms with Gasteiger partial charge in [0.2, 0.25) is 0 Å². The summed E-state index contributed by atoms with van der Waals surface area (Å²) in [6.07, 6.45) is 0.538. The zero-order valence-electron chi connectivity index (χ0n) is 10.6. The van der Waals surface area contributed by atoms with Gasteiger partial charge in [0, 0.05) is 6.42 Å². The number of aromatic hydroxyl groups is 3. The molecule has 0 saturated heterocycles. The van der Waals surface area contributed by atoms with Crippen LogP contribution in [0.1, 0.15) is 12.0 Å². The van der Waals surface area contributed by atoms with Crippen molar-refractivity contribution in [2.24, 2.45) is 0 Å². The molecule has 0 spiro atoms. The van der Waals surface area contributed by atoms with E-state index in [4.69, 9.17) is 9.84 Å². The third kappa shape index (κ3) is 3.65. The number of hydrogen-bond donors (Lipinski definition) is 3. The molecule has 20 heavy (non-hydrogen) atoms. The van der Waals surface area contributed by atoms with Crippen LogP contribution < -0.4 is 4.74 Å². The summed E-state index contributed by atoms with van der Waals surface area (Å²) in [5.74, 6) is -0.358. The van der Waals surface area contributed by atoms with Gasteiger partial charge in [0.25, 0.3) is 0 Å². The van der Waals surface area contributed by atoms with Gasteiger partial charge in [-0.05, 0) is 48.4 Å². The molecule has 0 aliphatic rings. The number of benzene rings is 2. The van der Waals surface area contributed by atoms with Crippen LogP contribution in [-0.2, 0) is 11.2 Å². The molecule has 0 atom stereocenters. The van der Waals surface area contributed by atoms with Gasteiger partial charge in [-0.2, -0.15) is 0 Å². The minimum absolute atomic E-state index is 0.101. The van der Waals surface area contributed by atoms with E-state index in [0.29, 0.717) is 12.2 Å². The fourth-order valence-electron chi connectivity index (χ4n) is 1.67. The zero-order chi connectivity index (χ0) is 14.5. The third-order valence-corrected chi connectivity index (χ3v) is 2.73. The van der Waals surface area contributed by atoms with Crippen molar-refractivity contribution in [1.82, 2.24) is 0 Å². The smallest absolute Gasteiger partial charge is 0.311 e. The van der Waals surface area contributed by atoms with Crippen molar-refractivity contribution in [2.45, 2.75) is 12.8 Å². The highest BCUT2D eigenvalue weighted by Crippen LogP contribution is 2.25. The van der Waals surface area contributed by atoms with Crippen molar-refractivity contribution in [2.75, 3.05) is 0 Å². The molecule has 2 aromatic carbocycles. The maximum atomic E-state index is 11.6. The lowest BCUT2D eigenvalue weighted by Crippen LogP contribution is -2.08. The molecule has 0 bridgehead atoms. The van der Waals surface area contributed by atoms with Crippen LogP contribution in [0, 0.1) is 0 Å². The minimum atomic E-state index is -0.414. The largest absolute Gasteiger partial charge is 0.508 e. The van der Waals surface area contributed by atoms with Gasteiger partial charge < -0.3 is 20.1 Å². The lowest BCUT2D eigenvalue weighted by atomic mass is 10.1. The van der Waals surface area contributed by atoms with E-state index in [1.807, 2.05) is 0 Å². The molecule has 104 valence electrons. The van der Waals surface area contributed by atoms with Gasteiger partial charge in [0.15, 0.2) is 11.5 Å². The average molecular weight is 274 g/mol. The number of phenolic OH excluding ortho intramolecular Hbond substituents is 3. The first-order chi connectivity index (χ1) is 9.54. The van der Waals surface area contributed by atoms with Crippen molar-refractivity contribution in [1.29, 1.82) is 0 Å². The number of carbonyl (C=O) groups excluding carboxylic acids is 1. The van der Waals surface area contributed by atoms with Gasteiger partial charge in [-0.15, -0.1) is 0 Å². The highest BCUT2D eigenvalue weighted by atomic mass is 16.5. The molecule has 0 fully saturated rings. The number of hydrogen-bond acceptors (Lipinski definition) is 5. The van der Waals surface area contributed by atoms with Crippen LogP contribution in [0.15, 0.2) is 42.5 Å². The first kappa shape index (κ1) is 13.7. The summed E-state index contributed by atoms with van der Waals surface area (Å²) in [5.41, 5.74) is 0.725. The molecule has 0 aromatic heterocycles. The van der Waals surface area contributed by atoms with E-state index in [2.05, 4.69) is 0 Å². The fraction of sp³-hybridized carbons (Fsp3) is 0.133. The van der Waals surface area contributed by atoms with Crippen LogP contribution in [0.3, 0.4) is 0 Å². The Kier molecular flexibility index (Phi) is 4.10. The topological polar surface area (TPSA) is 87.0 Å². The molecule has 0 unspecified atom stereocenters. The summed E-state index contributed by atoms with van der Waals surface area (Å²) in [7, 11) is 0. The fourth-order valence-corrected chi connectivity index (χ4v) is 1.67. The number of aryl methyl sites for hydroxylation is 1. The van der Waals surface area contributed by atoms with Gasteiger partial charge >= 0.3 is 5.97 Å². The molecule has 0 saturated carbocycles. The molecule has 3 N–H and O–H groups in total. The predicted octanol–water partition coefficient (Wildman–Crippen LogP) is 2.34. The predicted molar refractivity (Wildman–Crippen MR) is 71.8 cm³/mol. The third-order valence-electron chi connectivity index (χ3n) is 2.73. The van der Waals surface area contributed by atoms with E-state index in [-0.39, 0.29) is 23.7 Å². The maximum absolute atomic E-state index is 11.6. The van der Waals surface area contributed by atoms with Gasteiger partial charge in [-0.1, -0.05) is 6.07 Å². The Morgan fingerprint density at radius 3 is 2.30 bits per heavy atom. The van der Waals surface area contributed by atoms with Crippen molar-refractivity contribution in [3.05, 3.63) is 48.0 Å². The van der Waals surface area contributed by atoms with Crippen molar-refractivity contribution < 1.29 is 24.9 Å². The molecular weight excluding hydrogens is 260 g/mol. The maximum Gasteiger partial charge on any atom is 0.311 e. The van der Waals surface area contributed by atoms with Crippen LogP contribution in [0.2, 0.25) is 0 Å². The lowest BCUT2D eigenvalue weighted by molar-refractivity contribution is -0.134. The molecule has 5 heteroatoms. The molecule has 0 radical (unpaired) electrons. The number of carbonyl (C=O) groups is 1. The Bertz CT molecular complexity index is 604. The van der Waals surface area contributed by atoms with Crippen LogP contribution in [0.25, 0.3) is 0 Å². The molecule has 5 nitrogen and oxygen atoms in total. The van der Waals surface area contributed by atoms with Crippen LogP contribution in [0.4, 0.5) is 0 Å². The average Bonchev–Trinajstić information content (AvgIpc) is 2.43. The van der Waals surface area contributed by atoms with Gasteiger partial charge in [0.1, 0.15) is 11.5 Å². The van der Waals surface area contributed by atoms with E-state index in [0.717, 1.165) is 5.56 Å². The van der Waals surface area contributed by atoms with E-state index >= 15 is 0 Å². The Morgan fingerprint density at radius 1 is 0.950 bits per heavy atom. The van der Waals surface area contributed by atoms with E-state index in [1.165, 1.54) is 36.4 Å². The summed E-state index contributed by atoms with van der Waals surface area (Å²) >= 11 is 0. The minimum Gasteiger partial charge on any atom is -0.508 e. The molecule has 0 aliphatic carbocycles. The second kappa shape index (κ2) is 5.97. The Hall–Kier alpha value is -2.69. The SMILES string of the molecule is O=C(CCc1ccc(O)c(O)c1)Oc1ccc(O)cc1. The summed E-state index contributed by atoms with van der Waals surface area (Å²) < 4.78 is 5.08. The molecular formula is C15H14O5. The molecule has 0 aliphatic heterocycles. The van der Waals surface area contributed by atoms with E-state index in [9.17, 15) is 15.0 Å². The second-order valence-electron chi connectivity index (χ2n) is 4.29. The van der Waals surface area contributed by atoms with Crippen LogP contribution >= 0.6 is 0 Å². The molecule has 2 rings (SSSR count). The molecule has 0 heterocycles. The van der Waals surface area contributed by atoms with Crippen molar-refractivity contribution in [3.63, 3.8) is 0 Å². The quantitative estimate of drug-likeness (QED) is 0.452. The highest BCUT2D eigenvalue weighted by Gasteiger charge is 2.07. The van der Waals surface area contributed by atoms with Gasteiger partial charge in [-0.3, -0.25) is 4.79 Å². The lowest BCUT2D eigenvalue weighted by Gasteiger charge is -2.05. The number of ether oxygens (including phenoxy) is 1. The van der Waals surface area contributed by atoms with E-state index < -0.39 is 5.97 Å². The van der Waals surface area contributed by atoms with Gasteiger partial charge in [-0.25, -0.2) is 0 Å². The summed E-state index contributed by atoms with van der Waals surface area (Å²) in [6.45, 7) is 0.